The predicted octanol–water partition coefficient (Wildman–Crippen LogP) is 2.38. The number of carbonyl (C=O) groups is 2. The van der Waals surface area contributed by atoms with Crippen LogP contribution in [0.4, 0.5) is 0 Å². The standard InChI is InChI=1S/C13H23NO3S/c1-2-3-9-18-10-7-12(15)14-8-5-4-6-11(14)13(16)17/h11H,2-10H2,1H3,(H,16,17). The van der Waals surface area contributed by atoms with E-state index >= 15 is 0 Å². The van der Waals surface area contributed by atoms with Gasteiger partial charge >= 0.3 is 5.97 Å². The van der Waals surface area contributed by atoms with E-state index in [1.54, 1.807) is 16.7 Å². The number of rotatable bonds is 7. The van der Waals surface area contributed by atoms with Crippen LogP contribution in [0.25, 0.3) is 0 Å². The fraction of sp³-hybridized carbons (Fsp3) is 0.846. The van der Waals surface area contributed by atoms with Crippen LogP contribution in [0, 0.1) is 0 Å². The van der Waals surface area contributed by atoms with Crippen molar-refractivity contribution in [3.05, 3.63) is 0 Å². The first-order valence-corrected chi connectivity index (χ1v) is 7.92. The first kappa shape index (κ1) is 15.3. The average Bonchev–Trinajstić information content (AvgIpc) is 2.38. The number of carboxylic acid groups (broad SMARTS) is 1. The molecule has 1 saturated heterocycles. The summed E-state index contributed by atoms with van der Waals surface area (Å²) in [5.41, 5.74) is 0. The fourth-order valence-corrected chi connectivity index (χ4v) is 3.15. The van der Waals surface area contributed by atoms with Gasteiger partial charge in [0.1, 0.15) is 6.04 Å². The molecule has 1 aliphatic heterocycles. The molecular weight excluding hydrogens is 250 g/mol. The molecule has 1 amide bonds. The lowest BCUT2D eigenvalue weighted by molar-refractivity contribution is -0.151. The minimum Gasteiger partial charge on any atom is -0.480 e. The highest BCUT2D eigenvalue weighted by Crippen LogP contribution is 2.19. The summed E-state index contributed by atoms with van der Waals surface area (Å²) in [6, 6.07) is -0.591. The number of likely N-dealkylation sites (tertiary alicyclic amines) is 1. The molecule has 104 valence electrons. The Morgan fingerprint density at radius 1 is 1.33 bits per heavy atom. The largest absolute Gasteiger partial charge is 0.480 e. The molecule has 0 aliphatic carbocycles. The summed E-state index contributed by atoms with van der Waals surface area (Å²) < 4.78 is 0. The number of aliphatic carboxylic acids is 1. The van der Waals surface area contributed by atoms with Gasteiger partial charge in [0, 0.05) is 18.7 Å². The van der Waals surface area contributed by atoms with E-state index in [0.717, 1.165) is 24.3 Å². The smallest absolute Gasteiger partial charge is 0.326 e. The van der Waals surface area contributed by atoms with Crippen LogP contribution < -0.4 is 0 Å². The van der Waals surface area contributed by atoms with E-state index in [0.29, 0.717) is 19.4 Å². The van der Waals surface area contributed by atoms with Crippen LogP contribution >= 0.6 is 11.8 Å². The lowest BCUT2D eigenvalue weighted by Crippen LogP contribution is -2.48. The number of carboxylic acids is 1. The van der Waals surface area contributed by atoms with Crippen molar-refractivity contribution >= 4 is 23.6 Å². The molecule has 0 spiro atoms. The normalized spacial score (nSPS) is 19.8. The van der Waals surface area contributed by atoms with Crippen molar-refractivity contribution in [2.45, 2.75) is 51.5 Å². The molecule has 1 aliphatic rings. The lowest BCUT2D eigenvalue weighted by atomic mass is 10.0. The Morgan fingerprint density at radius 3 is 2.78 bits per heavy atom. The molecule has 1 heterocycles. The average molecular weight is 273 g/mol. The van der Waals surface area contributed by atoms with Gasteiger partial charge in [0.05, 0.1) is 0 Å². The van der Waals surface area contributed by atoms with Crippen LogP contribution in [-0.4, -0.2) is 46.0 Å². The SMILES string of the molecule is CCCCSCCC(=O)N1CCCCC1C(=O)O. The van der Waals surface area contributed by atoms with Gasteiger partial charge in [0.25, 0.3) is 0 Å². The Morgan fingerprint density at radius 2 is 2.11 bits per heavy atom. The summed E-state index contributed by atoms with van der Waals surface area (Å²) in [7, 11) is 0. The Hall–Kier alpha value is -0.710. The van der Waals surface area contributed by atoms with Crippen molar-refractivity contribution in [1.82, 2.24) is 4.90 Å². The van der Waals surface area contributed by atoms with Crippen molar-refractivity contribution < 1.29 is 14.7 Å². The molecule has 0 aromatic carbocycles. The predicted molar refractivity (Wildman–Crippen MR) is 73.8 cm³/mol. The first-order chi connectivity index (χ1) is 8.66. The highest BCUT2D eigenvalue weighted by molar-refractivity contribution is 7.99. The highest BCUT2D eigenvalue weighted by Gasteiger charge is 2.31. The fourth-order valence-electron chi connectivity index (χ4n) is 2.14. The Balaban J connectivity index is 2.32. The monoisotopic (exact) mass is 273 g/mol. The second kappa shape index (κ2) is 8.40. The number of unbranched alkanes of at least 4 members (excludes halogenated alkanes) is 1. The number of hydrogen-bond donors (Lipinski definition) is 1. The topological polar surface area (TPSA) is 57.6 Å². The summed E-state index contributed by atoms with van der Waals surface area (Å²) in [5, 5.41) is 9.10. The van der Waals surface area contributed by atoms with Gasteiger partial charge in [-0.2, -0.15) is 11.8 Å². The third-order valence-electron chi connectivity index (χ3n) is 3.21. The second-order valence-corrected chi connectivity index (χ2v) is 5.88. The van der Waals surface area contributed by atoms with E-state index < -0.39 is 12.0 Å². The van der Waals surface area contributed by atoms with E-state index in [9.17, 15) is 9.59 Å². The molecule has 18 heavy (non-hydrogen) atoms. The first-order valence-electron chi connectivity index (χ1n) is 6.76. The molecule has 5 heteroatoms. The van der Waals surface area contributed by atoms with Gasteiger partial charge in [-0.1, -0.05) is 13.3 Å². The van der Waals surface area contributed by atoms with Gasteiger partial charge in [-0.25, -0.2) is 4.79 Å². The molecule has 1 N–H and O–H groups in total. The number of nitrogens with zero attached hydrogens (tertiary/aromatic N) is 1. The summed E-state index contributed by atoms with van der Waals surface area (Å²) in [6.07, 6.45) is 5.27. The van der Waals surface area contributed by atoms with Crippen LogP contribution in [0.15, 0.2) is 0 Å². The van der Waals surface area contributed by atoms with E-state index in [-0.39, 0.29) is 5.91 Å². The van der Waals surface area contributed by atoms with E-state index in [1.165, 1.54) is 12.8 Å². The Bertz CT molecular complexity index is 283. The highest BCUT2D eigenvalue weighted by atomic mass is 32.2. The van der Waals surface area contributed by atoms with Crippen molar-refractivity contribution in [2.75, 3.05) is 18.1 Å². The quantitative estimate of drug-likeness (QED) is 0.724. The van der Waals surface area contributed by atoms with E-state index in [2.05, 4.69) is 6.92 Å². The van der Waals surface area contributed by atoms with Gasteiger partial charge in [-0.3, -0.25) is 4.79 Å². The maximum atomic E-state index is 12.0. The zero-order valence-corrected chi connectivity index (χ0v) is 11.9. The molecule has 1 atom stereocenters. The van der Waals surface area contributed by atoms with Crippen LogP contribution in [0.3, 0.4) is 0 Å². The van der Waals surface area contributed by atoms with E-state index in [1.807, 2.05) is 0 Å². The maximum absolute atomic E-state index is 12.0. The molecule has 0 aromatic rings. The Kier molecular flexibility index (Phi) is 7.16. The minimum atomic E-state index is -0.860. The molecule has 0 radical (unpaired) electrons. The van der Waals surface area contributed by atoms with Crippen molar-refractivity contribution in [2.24, 2.45) is 0 Å². The van der Waals surface area contributed by atoms with Gasteiger partial charge in [0.15, 0.2) is 0 Å². The van der Waals surface area contributed by atoms with Crippen molar-refractivity contribution in [1.29, 1.82) is 0 Å². The summed E-state index contributed by atoms with van der Waals surface area (Å²) in [6.45, 7) is 2.76. The molecule has 1 unspecified atom stereocenters. The Labute approximate surface area is 113 Å². The number of carbonyl (C=O) groups excluding carboxylic acids is 1. The van der Waals surface area contributed by atoms with Crippen molar-refractivity contribution in [3.63, 3.8) is 0 Å². The van der Waals surface area contributed by atoms with Crippen LogP contribution in [0.1, 0.15) is 45.4 Å². The zero-order valence-electron chi connectivity index (χ0n) is 11.1. The summed E-state index contributed by atoms with van der Waals surface area (Å²) >= 11 is 1.78. The lowest BCUT2D eigenvalue weighted by Gasteiger charge is -2.33. The molecular formula is C13H23NO3S. The second-order valence-electron chi connectivity index (χ2n) is 4.65. The molecule has 1 rings (SSSR count). The summed E-state index contributed by atoms with van der Waals surface area (Å²) in [5.74, 6) is 1.04. The zero-order chi connectivity index (χ0) is 13.4. The van der Waals surface area contributed by atoms with Gasteiger partial charge in [-0.15, -0.1) is 0 Å². The maximum Gasteiger partial charge on any atom is 0.326 e. The van der Waals surface area contributed by atoms with Crippen LogP contribution in [-0.2, 0) is 9.59 Å². The minimum absolute atomic E-state index is 0.00565. The van der Waals surface area contributed by atoms with Gasteiger partial charge < -0.3 is 10.0 Å². The van der Waals surface area contributed by atoms with Crippen LogP contribution in [0.5, 0.6) is 0 Å². The van der Waals surface area contributed by atoms with Crippen molar-refractivity contribution in [3.8, 4) is 0 Å². The number of hydrogen-bond acceptors (Lipinski definition) is 3. The number of thioether (sulfide) groups is 1. The molecule has 0 aromatic heterocycles. The van der Waals surface area contributed by atoms with E-state index in [4.69, 9.17) is 5.11 Å². The molecule has 4 nitrogen and oxygen atoms in total. The molecule has 0 bridgehead atoms. The summed E-state index contributed by atoms with van der Waals surface area (Å²) in [4.78, 5) is 24.6. The third-order valence-corrected chi connectivity index (χ3v) is 4.28. The number of amides is 1. The van der Waals surface area contributed by atoms with Gasteiger partial charge in [-0.05, 0) is 31.4 Å². The third kappa shape index (κ3) is 4.88. The molecule has 1 fully saturated rings. The number of piperidine rings is 1. The van der Waals surface area contributed by atoms with Crippen LogP contribution in [0.2, 0.25) is 0 Å². The molecule has 0 saturated carbocycles. The van der Waals surface area contributed by atoms with Gasteiger partial charge in [0.2, 0.25) is 5.91 Å².